The first-order valence-corrected chi connectivity index (χ1v) is 6.55. The van der Waals surface area contributed by atoms with Crippen molar-refractivity contribution in [3.63, 3.8) is 0 Å². The Hall–Kier alpha value is -0.950. The molecule has 0 aliphatic rings. The molecule has 0 radical (unpaired) electrons. The smallest absolute Gasteiger partial charge is 0.408 e. The van der Waals surface area contributed by atoms with Crippen molar-refractivity contribution in [2.45, 2.75) is 32.4 Å². The van der Waals surface area contributed by atoms with Crippen molar-refractivity contribution in [3.8, 4) is 0 Å². The minimum atomic E-state index is -0.785. The van der Waals surface area contributed by atoms with Crippen molar-refractivity contribution in [3.05, 3.63) is 15.0 Å². The summed E-state index contributed by atoms with van der Waals surface area (Å²) in [5, 5.41) is 4.14. The van der Waals surface area contributed by atoms with E-state index in [4.69, 9.17) is 4.74 Å². The summed E-state index contributed by atoms with van der Waals surface area (Å²) in [4.78, 5) is 26.4. The summed E-state index contributed by atoms with van der Waals surface area (Å²) in [6.07, 6.45) is -0.0236. The van der Waals surface area contributed by atoms with Gasteiger partial charge in [-0.2, -0.15) is 0 Å². The molecule has 0 aliphatic heterocycles. The molecule has 1 aromatic heterocycles. The van der Waals surface area contributed by atoms with Gasteiger partial charge < -0.3 is 14.8 Å². The number of carbonyl (C=O) groups excluding carboxylic acids is 2. The van der Waals surface area contributed by atoms with Gasteiger partial charge in [-0.3, -0.25) is 0 Å². The van der Waals surface area contributed by atoms with Crippen LogP contribution in [0.2, 0.25) is 0 Å². The van der Waals surface area contributed by atoms with Crippen molar-refractivity contribution >= 4 is 39.6 Å². The van der Waals surface area contributed by atoms with Crippen molar-refractivity contribution in [1.82, 2.24) is 10.3 Å². The highest BCUT2D eigenvalue weighted by molar-refractivity contribution is 9.11. The van der Waals surface area contributed by atoms with Crippen LogP contribution in [0.4, 0.5) is 4.79 Å². The Morgan fingerprint density at radius 3 is 2.71 bits per heavy atom. The van der Waals surface area contributed by atoms with Crippen LogP contribution in [0.3, 0.4) is 0 Å². The number of hydrogen-bond donors (Lipinski definition) is 1. The highest BCUT2D eigenvalue weighted by Crippen LogP contribution is 2.20. The Labute approximate surface area is 112 Å². The normalized spacial score (nSPS) is 12.9. The summed E-state index contributed by atoms with van der Waals surface area (Å²) in [5.74, 6) is 0. The van der Waals surface area contributed by atoms with Crippen LogP contribution in [0.15, 0.2) is 9.30 Å². The molecule has 0 bridgehead atoms. The Morgan fingerprint density at radius 2 is 2.29 bits per heavy atom. The number of aromatic nitrogens is 1. The maximum Gasteiger partial charge on any atom is 0.408 e. The van der Waals surface area contributed by atoms with Gasteiger partial charge in [0.05, 0.1) is 5.69 Å². The fraction of sp³-hybridized carbons (Fsp3) is 0.500. The first-order chi connectivity index (χ1) is 7.81. The van der Waals surface area contributed by atoms with Crippen molar-refractivity contribution in [2.24, 2.45) is 0 Å². The van der Waals surface area contributed by atoms with Crippen LogP contribution < -0.4 is 5.32 Å². The number of halogens is 1. The third-order valence-electron chi connectivity index (χ3n) is 1.62. The van der Waals surface area contributed by atoms with Crippen LogP contribution in [-0.4, -0.2) is 23.0 Å². The molecule has 1 rings (SSSR count). The van der Waals surface area contributed by atoms with Gasteiger partial charge in [-0.05, 0) is 36.7 Å². The minimum absolute atomic E-state index is 0.489. The summed E-state index contributed by atoms with van der Waals surface area (Å²) in [6.45, 7) is 5.26. The third kappa shape index (κ3) is 4.82. The molecule has 1 heterocycles. The lowest BCUT2D eigenvalue weighted by molar-refractivity contribution is -0.109. The molecule has 17 heavy (non-hydrogen) atoms. The Morgan fingerprint density at radius 1 is 1.65 bits per heavy atom. The average molecular weight is 321 g/mol. The van der Waals surface area contributed by atoms with E-state index in [9.17, 15) is 9.59 Å². The molecule has 1 amide bonds. The number of nitrogens with zero attached hydrogens (tertiary/aromatic N) is 1. The number of nitrogens with one attached hydrogen (secondary N) is 1. The molecule has 0 aliphatic carbocycles. The molecule has 0 aromatic carbocycles. The molecular formula is C10H13BrN2O3S. The molecule has 0 saturated heterocycles. The number of alkyl carbamates (subject to hydrolysis) is 1. The highest BCUT2D eigenvalue weighted by Gasteiger charge is 2.21. The predicted octanol–water partition coefficient (Wildman–Crippen LogP) is 2.67. The van der Waals surface area contributed by atoms with E-state index in [2.05, 4.69) is 26.2 Å². The van der Waals surface area contributed by atoms with E-state index in [1.54, 1.807) is 26.2 Å². The lowest BCUT2D eigenvalue weighted by Crippen LogP contribution is -2.35. The predicted molar refractivity (Wildman–Crippen MR) is 68.0 cm³/mol. The zero-order valence-electron chi connectivity index (χ0n) is 9.69. The van der Waals surface area contributed by atoms with Crippen molar-refractivity contribution in [2.75, 3.05) is 0 Å². The Balaban J connectivity index is 2.65. The fourth-order valence-electron chi connectivity index (χ4n) is 1.02. The van der Waals surface area contributed by atoms with Crippen LogP contribution in [0.5, 0.6) is 0 Å². The van der Waals surface area contributed by atoms with Crippen LogP contribution >= 0.6 is 27.3 Å². The molecule has 7 heteroatoms. The van der Waals surface area contributed by atoms with Gasteiger partial charge in [0, 0.05) is 5.38 Å². The van der Waals surface area contributed by atoms with E-state index in [0.29, 0.717) is 15.9 Å². The van der Waals surface area contributed by atoms with Crippen LogP contribution in [0.25, 0.3) is 0 Å². The molecule has 1 aromatic rings. The van der Waals surface area contributed by atoms with E-state index < -0.39 is 17.7 Å². The number of ether oxygens (including phenoxy) is 1. The van der Waals surface area contributed by atoms with Crippen LogP contribution in [0, 0.1) is 0 Å². The number of hydrogen-bond acceptors (Lipinski definition) is 5. The first-order valence-electron chi connectivity index (χ1n) is 4.87. The Bertz CT molecular complexity index is 414. The molecular weight excluding hydrogens is 308 g/mol. The molecule has 1 N–H and O–H groups in total. The van der Waals surface area contributed by atoms with Crippen molar-refractivity contribution in [1.29, 1.82) is 0 Å². The summed E-state index contributed by atoms with van der Waals surface area (Å²) in [6, 6.07) is -0.785. The maximum absolute atomic E-state index is 11.5. The summed E-state index contributed by atoms with van der Waals surface area (Å²) in [7, 11) is 0. The lowest BCUT2D eigenvalue weighted by atomic mass is 10.2. The zero-order valence-corrected chi connectivity index (χ0v) is 12.1. The van der Waals surface area contributed by atoms with Gasteiger partial charge in [-0.1, -0.05) is 0 Å². The molecule has 0 spiro atoms. The molecule has 94 valence electrons. The monoisotopic (exact) mass is 320 g/mol. The molecule has 1 unspecified atom stereocenters. The van der Waals surface area contributed by atoms with E-state index in [0.717, 1.165) is 0 Å². The van der Waals surface area contributed by atoms with Crippen LogP contribution in [-0.2, 0) is 9.53 Å². The van der Waals surface area contributed by atoms with E-state index in [1.165, 1.54) is 11.3 Å². The van der Waals surface area contributed by atoms with E-state index in [1.807, 2.05) is 0 Å². The number of rotatable bonds is 3. The second-order valence-electron chi connectivity index (χ2n) is 4.29. The number of aldehydes is 1. The molecule has 0 fully saturated rings. The Kier molecular flexibility index (Phi) is 4.64. The second-order valence-corrected chi connectivity index (χ2v) is 6.42. The van der Waals surface area contributed by atoms with Gasteiger partial charge in [0.25, 0.3) is 0 Å². The fourth-order valence-corrected chi connectivity index (χ4v) is 2.08. The number of carbonyl (C=O) groups is 2. The highest BCUT2D eigenvalue weighted by atomic mass is 79.9. The largest absolute Gasteiger partial charge is 0.444 e. The molecule has 1 atom stereocenters. The maximum atomic E-state index is 11.5. The first kappa shape index (κ1) is 14.1. The number of amides is 1. The molecule has 0 saturated carbocycles. The summed E-state index contributed by atoms with van der Waals surface area (Å²) < 4.78 is 5.71. The topological polar surface area (TPSA) is 68.3 Å². The zero-order chi connectivity index (χ0) is 13.1. The SMILES string of the molecule is CC(C)(C)OC(=O)NC(C=O)c1csc(Br)n1. The molecule has 5 nitrogen and oxygen atoms in total. The van der Waals surface area contributed by atoms with Gasteiger partial charge in [0.2, 0.25) is 0 Å². The quantitative estimate of drug-likeness (QED) is 0.869. The van der Waals surface area contributed by atoms with Gasteiger partial charge in [-0.25, -0.2) is 9.78 Å². The average Bonchev–Trinajstić information content (AvgIpc) is 2.58. The van der Waals surface area contributed by atoms with Crippen LogP contribution in [0.1, 0.15) is 32.5 Å². The number of thiazole rings is 1. The van der Waals surface area contributed by atoms with Gasteiger partial charge in [-0.15, -0.1) is 11.3 Å². The standard InChI is InChI=1S/C10H13BrN2O3S/c1-10(2,3)16-9(15)13-6(4-14)7-5-17-8(11)12-7/h4-6H,1-3H3,(H,13,15). The lowest BCUT2D eigenvalue weighted by Gasteiger charge is -2.20. The third-order valence-corrected chi connectivity index (χ3v) is 3.00. The minimum Gasteiger partial charge on any atom is -0.444 e. The second kappa shape index (κ2) is 5.59. The van der Waals surface area contributed by atoms with E-state index >= 15 is 0 Å². The van der Waals surface area contributed by atoms with Gasteiger partial charge in [0.15, 0.2) is 3.92 Å². The van der Waals surface area contributed by atoms with Crippen molar-refractivity contribution < 1.29 is 14.3 Å². The summed E-state index contributed by atoms with van der Waals surface area (Å²) >= 11 is 4.54. The van der Waals surface area contributed by atoms with Gasteiger partial charge >= 0.3 is 6.09 Å². The summed E-state index contributed by atoms with van der Waals surface area (Å²) in [5.41, 5.74) is -0.108. The van der Waals surface area contributed by atoms with Gasteiger partial charge in [0.1, 0.15) is 17.9 Å². The van der Waals surface area contributed by atoms with E-state index in [-0.39, 0.29) is 0 Å².